The first-order valence-corrected chi connectivity index (χ1v) is 4.98. The van der Waals surface area contributed by atoms with Crippen LogP contribution in [0.5, 0.6) is 0 Å². The van der Waals surface area contributed by atoms with E-state index in [1.54, 1.807) is 0 Å². The van der Waals surface area contributed by atoms with Gasteiger partial charge >= 0.3 is 0 Å². The summed E-state index contributed by atoms with van der Waals surface area (Å²) in [6.07, 6.45) is 0. The average molecular weight is 265 g/mol. The first-order valence-electron chi connectivity index (χ1n) is 3.81. The van der Waals surface area contributed by atoms with Crippen molar-refractivity contribution in [2.45, 2.75) is 26.2 Å². The molecule has 0 amide bonds. The van der Waals surface area contributed by atoms with Gasteiger partial charge in [-0.15, -0.1) is 0 Å². The summed E-state index contributed by atoms with van der Waals surface area (Å²) in [6, 6.07) is 0. The van der Waals surface area contributed by atoms with Gasteiger partial charge in [-0.1, -0.05) is 32.4 Å². The lowest BCUT2D eigenvalue weighted by Gasteiger charge is -2.19. The summed E-state index contributed by atoms with van der Waals surface area (Å²) in [5.41, 5.74) is 6.22. The summed E-state index contributed by atoms with van der Waals surface area (Å²) in [6.45, 7) is 6.11. The quantitative estimate of drug-likeness (QED) is 0.733. The van der Waals surface area contributed by atoms with Crippen molar-refractivity contribution in [2.24, 2.45) is 0 Å². The van der Waals surface area contributed by atoms with E-state index in [0.29, 0.717) is 5.15 Å². The zero-order chi connectivity index (χ0) is 10.2. The molecule has 0 atom stereocenters. The summed E-state index contributed by atoms with van der Waals surface area (Å²) in [5, 5.41) is 0.359. The minimum atomic E-state index is -0.0977. The molecule has 2 N–H and O–H groups in total. The van der Waals surface area contributed by atoms with Crippen LogP contribution >= 0.6 is 27.5 Å². The van der Waals surface area contributed by atoms with Gasteiger partial charge in [0, 0.05) is 5.41 Å². The maximum Gasteiger partial charge on any atom is 0.221 e. The van der Waals surface area contributed by atoms with Gasteiger partial charge in [-0.2, -0.15) is 0 Å². The van der Waals surface area contributed by atoms with Crippen molar-refractivity contribution >= 4 is 33.5 Å². The molecule has 0 aliphatic heterocycles. The summed E-state index contributed by atoms with van der Waals surface area (Å²) in [4.78, 5) is 7.97. The number of rotatable bonds is 0. The van der Waals surface area contributed by atoms with E-state index in [9.17, 15) is 0 Å². The predicted molar refractivity (Wildman–Crippen MR) is 57.9 cm³/mol. The van der Waals surface area contributed by atoms with Crippen LogP contribution in [-0.2, 0) is 5.41 Å². The number of hydrogen-bond acceptors (Lipinski definition) is 3. The second-order valence-electron chi connectivity index (χ2n) is 3.79. The SMILES string of the molecule is CC(C)(C)c1nc(N)nc(Cl)c1Br. The van der Waals surface area contributed by atoms with Gasteiger partial charge in [0.05, 0.1) is 10.2 Å². The largest absolute Gasteiger partial charge is 0.368 e. The number of anilines is 1. The molecule has 0 unspecified atom stereocenters. The molecule has 0 saturated carbocycles. The minimum absolute atomic E-state index is 0.0977. The molecule has 0 spiro atoms. The van der Waals surface area contributed by atoms with Crippen molar-refractivity contribution in [3.63, 3.8) is 0 Å². The van der Waals surface area contributed by atoms with E-state index in [1.807, 2.05) is 20.8 Å². The molecular weight excluding hydrogens is 253 g/mol. The molecular formula is C8H11BrClN3. The van der Waals surface area contributed by atoms with E-state index in [-0.39, 0.29) is 11.4 Å². The Morgan fingerprint density at radius 1 is 1.31 bits per heavy atom. The van der Waals surface area contributed by atoms with Crippen LogP contribution in [0.3, 0.4) is 0 Å². The summed E-state index contributed by atoms with van der Waals surface area (Å²) < 4.78 is 0.718. The average Bonchev–Trinajstić information content (AvgIpc) is 1.94. The highest BCUT2D eigenvalue weighted by Crippen LogP contribution is 2.32. The van der Waals surface area contributed by atoms with E-state index >= 15 is 0 Å². The van der Waals surface area contributed by atoms with Crippen molar-refractivity contribution < 1.29 is 0 Å². The molecule has 0 radical (unpaired) electrons. The predicted octanol–water partition coefficient (Wildman–Crippen LogP) is 2.77. The van der Waals surface area contributed by atoms with Gasteiger partial charge in [-0.05, 0) is 15.9 Å². The van der Waals surface area contributed by atoms with Crippen LogP contribution in [0.4, 0.5) is 5.95 Å². The fourth-order valence-corrected chi connectivity index (χ4v) is 1.88. The van der Waals surface area contributed by atoms with E-state index in [0.717, 1.165) is 10.2 Å². The van der Waals surface area contributed by atoms with Gasteiger partial charge < -0.3 is 5.73 Å². The number of aromatic nitrogens is 2. The molecule has 1 heterocycles. The molecule has 1 rings (SSSR count). The van der Waals surface area contributed by atoms with Gasteiger partial charge in [0.25, 0.3) is 0 Å². The Balaban J connectivity index is 3.37. The monoisotopic (exact) mass is 263 g/mol. The van der Waals surface area contributed by atoms with E-state index in [4.69, 9.17) is 17.3 Å². The number of hydrogen-bond donors (Lipinski definition) is 1. The molecule has 5 heteroatoms. The molecule has 0 fully saturated rings. The van der Waals surface area contributed by atoms with Crippen molar-refractivity contribution in [3.05, 3.63) is 15.3 Å². The lowest BCUT2D eigenvalue weighted by atomic mass is 9.92. The third kappa shape index (κ3) is 2.31. The molecule has 1 aromatic heterocycles. The first kappa shape index (κ1) is 10.7. The lowest BCUT2D eigenvalue weighted by Crippen LogP contribution is -2.16. The highest BCUT2D eigenvalue weighted by Gasteiger charge is 2.21. The molecule has 3 nitrogen and oxygen atoms in total. The van der Waals surface area contributed by atoms with E-state index < -0.39 is 0 Å². The molecule has 0 aliphatic carbocycles. The summed E-state index contributed by atoms with van der Waals surface area (Å²) in [7, 11) is 0. The Morgan fingerprint density at radius 3 is 2.31 bits per heavy atom. The molecule has 0 aromatic carbocycles. The van der Waals surface area contributed by atoms with E-state index in [1.165, 1.54) is 0 Å². The number of nitrogen functional groups attached to an aromatic ring is 1. The molecule has 0 bridgehead atoms. The van der Waals surface area contributed by atoms with Crippen LogP contribution in [0.15, 0.2) is 4.47 Å². The van der Waals surface area contributed by atoms with E-state index in [2.05, 4.69) is 25.9 Å². The Morgan fingerprint density at radius 2 is 1.85 bits per heavy atom. The fraction of sp³-hybridized carbons (Fsp3) is 0.500. The molecule has 1 aromatic rings. The van der Waals surface area contributed by atoms with Crippen molar-refractivity contribution in [2.75, 3.05) is 5.73 Å². The van der Waals surface area contributed by atoms with Gasteiger partial charge in [-0.3, -0.25) is 0 Å². The van der Waals surface area contributed by atoms with Gasteiger partial charge in [0.15, 0.2) is 0 Å². The zero-order valence-corrected chi connectivity index (χ0v) is 10.1. The summed E-state index contributed by atoms with van der Waals surface area (Å²) >= 11 is 9.18. The van der Waals surface area contributed by atoms with Crippen LogP contribution in [0.2, 0.25) is 5.15 Å². The topological polar surface area (TPSA) is 51.8 Å². The fourth-order valence-electron chi connectivity index (χ4n) is 0.933. The first-order chi connectivity index (χ1) is 5.82. The maximum absolute atomic E-state index is 5.85. The number of nitrogens with zero attached hydrogens (tertiary/aromatic N) is 2. The zero-order valence-electron chi connectivity index (χ0n) is 7.73. The highest BCUT2D eigenvalue weighted by molar-refractivity contribution is 9.10. The Labute approximate surface area is 90.8 Å². The van der Waals surface area contributed by atoms with Gasteiger partial charge in [-0.25, -0.2) is 9.97 Å². The van der Waals surface area contributed by atoms with Crippen LogP contribution in [-0.4, -0.2) is 9.97 Å². The van der Waals surface area contributed by atoms with Crippen LogP contribution in [0, 0.1) is 0 Å². The number of nitrogens with two attached hydrogens (primary N) is 1. The standard InChI is InChI=1S/C8H11BrClN3/c1-8(2,3)5-4(9)6(10)13-7(11)12-5/h1-3H3,(H2,11,12,13). The number of halogens is 2. The van der Waals surface area contributed by atoms with Crippen molar-refractivity contribution in [1.82, 2.24) is 9.97 Å². The smallest absolute Gasteiger partial charge is 0.221 e. The minimum Gasteiger partial charge on any atom is -0.368 e. The molecule has 0 saturated heterocycles. The van der Waals surface area contributed by atoms with Crippen molar-refractivity contribution in [3.8, 4) is 0 Å². The van der Waals surface area contributed by atoms with Crippen molar-refractivity contribution in [1.29, 1.82) is 0 Å². The second kappa shape index (κ2) is 3.42. The second-order valence-corrected chi connectivity index (χ2v) is 4.94. The third-order valence-corrected chi connectivity index (χ3v) is 2.79. The van der Waals surface area contributed by atoms with Crippen LogP contribution in [0.1, 0.15) is 26.5 Å². The Hall–Kier alpha value is -0.350. The maximum atomic E-state index is 5.85. The molecule has 13 heavy (non-hydrogen) atoms. The summed E-state index contributed by atoms with van der Waals surface area (Å²) in [5.74, 6) is 0.207. The van der Waals surface area contributed by atoms with Gasteiger partial charge in [0.1, 0.15) is 5.15 Å². The molecule has 0 aliphatic rings. The Kier molecular flexibility index (Phi) is 2.82. The third-order valence-electron chi connectivity index (χ3n) is 1.54. The van der Waals surface area contributed by atoms with Crippen LogP contribution < -0.4 is 5.73 Å². The normalized spacial score (nSPS) is 11.8. The van der Waals surface area contributed by atoms with Gasteiger partial charge in [0.2, 0.25) is 5.95 Å². The highest BCUT2D eigenvalue weighted by atomic mass is 79.9. The lowest BCUT2D eigenvalue weighted by molar-refractivity contribution is 0.564. The Bertz CT molecular complexity index is 333. The van der Waals surface area contributed by atoms with Crippen LogP contribution in [0.25, 0.3) is 0 Å². The molecule has 72 valence electrons.